The fourth-order valence-corrected chi connectivity index (χ4v) is 3.05. The first-order chi connectivity index (χ1) is 11.9. The van der Waals surface area contributed by atoms with E-state index < -0.39 is 17.9 Å². The normalized spacial score (nSPS) is 16.3. The highest BCUT2D eigenvalue weighted by Gasteiger charge is 2.29. The number of aryl methyl sites for hydroxylation is 1. The highest BCUT2D eigenvalue weighted by molar-refractivity contribution is 5.97. The van der Waals surface area contributed by atoms with Crippen LogP contribution in [0.25, 0.3) is 0 Å². The van der Waals surface area contributed by atoms with E-state index in [2.05, 4.69) is 16.2 Å². The molecule has 0 bridgehead atoms. The Bertz CT molecular complexity index is 618. The van der Waals surface area contributed by atoms with Crippen LogP contribution in [0.15, 0.2) is 16.7 Å². The van der Waals surface area contributed by atoms with Crippen LogP contribution >= 0.6 is 0 Å². The molecule has 3 N–H and O–H groups in total. The molecule has 0 spiro atoms. The van der Waals surface area contributed by atoms with E-state index in [0.29, 0.717) is 11.3 Å². The summed E-state index contributed by atoms with van der Waals surface area (Å²) in [5.74, 6) is -0.622. The molecule has 1 fully saturated rings. The van der Waals surface area contributed by atoms with Gasteiger partial charge in [0, 0.05) is 5.92 Å². The van der Waals surface area contributed by atoms with Crippen molar-refractivity contribution in [3.8, 4) is 0 Å². The van der Waals surface area contributed by atoms with Gasteiger partial charge in [-0.15, -0.1) is 0 Å². The number of carbonyl (C=O) groups is 3. The molecule has 0 radical (unpaired) electrons. The summed E-state index contributed by atoms with van der Waals surface area (Å²) in [6, 6.07) is 0.835. The van der Waals surface area contributed by atoms with E-state index in [4.69, 9.17) is 4.42 Å². The number of nitrogens with one attached hydrogen (secondary N) is 3. The average Bonchev–Trinajstić information content (AvgIpc) is 3.03. The first kappa shape index (κ1) is 19.0. The van der Waals surface area contributed by atoms with Crippen LogP contribution in [-0.2, 0) is 9.59 Å². The highest BCUT2D eigenvalue weighted by atomic mass is 16.3. The van der Waals surface area contributed by atoms with Crippen molar-refractivity contribution in [2.24, 2.45) is 11.8 Å². The SMILES string of the molecule is Cc1occc1C(=O)NNC(=O)C(NC(=O)C1CCCCC1)C(C)C. The second-order valence-electron chi connectivity index (χ2n) is 6.90. The molecule has 1 atom stereocenters. The van der Waals surface area contributed by atoms with Crippen LogP contribution in [-0.4, -0.2) is 23.8 Å². The van der Waals surface area contributed by atoms with Crippen LogP contribution < -0.4 is 16.2 Å². The maximum Gasteiger partial charge on any atom is 0.273 e. The molecule has 1 saturated carbocycles. The molecule has 1 aromatic heterocycles. The zero-order chi connectivity index (χ0) is 18.4. The number of amides is 3. The third-order valence-corrected chi connectivity index (χ3v) is 4.63. The van der Waals surface area contributed by atoms with Crippen molar-refractivity contribution < 1.29 is 18.8 Å². The van der Waals surface area contributed by atoms with E-state index in [1.54, 1.807) is 6.92 Å². The predicted octanol–water partition coefficient (Wildman–Crippen LogP) is 2.07. The smallest absolute Gasteiger partial charge is 0.273 e. The maximum absolute atomic E-state index is 12.4. The van der Waals surface area contributed by atoms with Crippen molar-refractivity contribution in [2.45, 2.75) is 58.9 Å². The summed E-state index contributed by atoms with van der Waals surface area (Å²) in [7, 11) is 0. The Hall–Kier alpha value is -2.31. The Labute approximate surface area is 147 Å². The molecule has 25 heavy (non-hydrogen) atoms. The molecule has 138 valence electrons. The Balaban J connectivity index is 1.90. The molecular formula is C18H27N3O4. The Morgan fingerprint density at radius 1 is 1.12 bits per heavy atom. The Morgan fingerprint density at radius 3 is 2.36 bits per heavy atom. The standard InChI is InChI=1S/C18H27N3O4/c1-11(2)15(19-16(22)13-7-5-4-6-8-13)18(24)21-20-17(23)14-9-10-25-12(14)3/h9-11,13,15H,4-8H2,1-3H3,(H,19,22)(H,20,23)(H,21,24). The quantitative estimate of drug-likeness (QED) is 0.708. The number of hydrogen-bond donors (Lipinski definition) is 3. The van der Waals surface area contributed by atoms with Crippen LogP contribution in [0, 0.1) is 18.8 Å². The Kier molecular flexibility index (Phi) is 6.61. The molecule has 1 unspecified atom stereocenters. The lowest BCUT2D eigenvalue weighted by atomic mass is 9.88. The minimum atomic E-state index is -0.694. The molecule has 2 rings (SSSR count). The number of carbonyl (C=O) groups excluding carboxylic acids is 3. The largest absolute Gasteiger partial charge is 0.469 e. The summed E-state index contributed by atoms with van der Waals surface area (Å²) >= 11 is 0. The van der Waals surface area contributed by atoms with Gasteiger partial charge in [0.25, 0.3) is 11.8 Å². The molecule has 1 aliphatic carbocycles. The van der Waals surface area contributed by atoms with Gasteiger partial charge in [-0.1, -0.05) is 33.1 Å². The van der Waals surface area contributed by atoms with Gasteiger partial charge in [0.1, 0.15) is 11.8 Å². The van der Waals surface area contributed by atoms with Gasteiger partial charge < -0.3 is 9.73 Å². The lowest BCUT2D eigenvalue weighted by Gasteiger charge is -2.26. The number of rotatable bonds is 5. The summed E-state index contributed by atoms with van der Waals surface area (Å²) in [6.07, 6.45) is 6.42. The summed E-state index contributed by atoms with van der Waals surface area (Å²) in [6.45, 7) is 5.37. The topological polar surface area (TPSA) is 100 Å². The van der Waals surface area contributed by atoms with Crippen LogP contribution in [0.4, 0.5) is 0 Å². The van der Waals surface area contributed by atoms with Gasteiger partial charge in [-0.3, -0.25) is 25.2 Å². The number of furan rings is 1. The fraction of sp³-hybridized carbons (Fsp3) is 0.611. The molecule has 0 aliphatic heterocycles. The molecule has 0 aromatic carbocycles. The van der Waals surface area contributed by atoms with Gasteiger partial charge in [-0.25, -0.2) is 0 Å². The maximum atomic E-state index is 12.4. The van der Waals surface area contributed by atoms with Gasteiger partial charge in [0.15, 0.2) is 0 Å². The van der Waals surface area contributed by atoms with Crippen molar-refractivity contribution in [1.29, 1.82) is 0 Å². The highest BCUT2D eigenvalue weighted by Crippen LogP contribution is 2.24. The molecule has 0 saturated heterocycles. The third kappa shape index (κ3) is 5.08. The molecular weight excluding hydrogens is 322 g/mol. The molecule has 1 heterocycles. The molecule has 1 aromatic rings. The van der Waals surface area contributed by atoms with Gasteiger partial charge >= 0.3 is 0 Å². The van der Waals surface area contributed by atoms with Crippen molar-refractivity contribution in [1.82, 2.24) is 16.2 Å². The van der Waals surface area contributed by atoms with E-state index in [1.165, 1.54) is 12.3 Å². The van der Waals surface area contributed by atoms with Crippen molar-refractivity contribution in [2.75, 3.05) is 0 Å². The second-order valence-corrected chi connectivity index (χ2v) is 6.90. The van der Waals surface area contributed by atoms with Crippen LogP contribution in [0.1, 0.15) is 62.1 Å². The molecule has 7 nitrogen and oxygen atoms in total. The first-order valence-corrected chi connectivity index (χ1v) is 8.84. The molecule has 1 aliphatic rings. The molecule has 3 amide bonds. The number of hydrogen-bond acceptors (Lipinski definition) is 4. The van der Waals surface area contributed by atoms with E-state index in [9.17, 15) is 14.4 Å². The average molecular weight is 349 g/mol. The second kappa shape index (κ2) is 8.69. The Morgan fingerprint density at radius 2 is 1.80 bits per heavy atom. The van der Waals surface area contributed by atoms with Crippen LogP contribution in [0.5, 0.6) is 0 Å². The van der Waals surface area contributed by atoms with Gasteiger partial charge in [-0.2, -0.15) is 0 Å². The van der Waals surface area contributed by atoms with Gasteiger partial charge in [0.2, 0.25) is 5.91 Å². The monoisotopic (exact) mass is 349 g/mol. The number of hydrazine groups is 1. The van der Waals surface area contributed by atoms with Crippen molar-refractivity contribution in [3.63, 3.8) is 0 Å². The fourth-order valence-electron chi connectivity index (χ4n) is 3.05. The first-order valence-electron chi connectivity index (χ1n) is 8.84. The van der Waals surface area contributed by atoms with Crippen LogP contribution in [0.2, 0.25) is 0 Å². The predicted molar refractivity (Wildman–Crippen MR) is 92.4 cm³/mol. The minimum Gasteiger partial charge on any atom is -0.469 e. The van der Waals surface area contributed by atoms with E-state index >= 15 is 0 Å². The lowest BCUT2D eigenvalue weighted by Crippen LogP contribution is -2.55. The summed E-state index contributed by atoms with van der Waals surface area (Å²) in [5.41, 5.74) is 5.11. The third-order valence-electron chi connectivity index (χ3n) is 4.63. The van der Waals surface area contributed by atoms with E-state index in [1.807, 2.05) is 13.8 Å². The zero-order valence-electron chi connectivity index (χ0n) is 15.1. The molecule has 7 heteroatoms. The van der Waals surface area contributed by atoms with E-state index in [0.717, 1.165) is 32.1 Å². The van der Waals surface area contributed by atoms with Crippen molar-refractivity contribution in [3.05, 3.63) is 23.7 Å². The lowest BCUT2D eigenvalue weighted by molar-refractivity contribution is -0.133. The van der Waals surface area contributed by atoms with Crippen LogP contribution in [0.3, 0.4) is 0 Å². The van der Waals surface area contributed by atoms with E-state index in [-0.39, 0.29) is 17.7 Å². The van der Waals surface area contributed by atoms with Crippen molar-refractivity contribution >= 4 is 17.7 Å². The summed E-state index contributed by atoms with van der Waals surface area (Å²) in [4.78, 5) is 36.8. The zero-order valence-corrected chi connectivity index (χ0v) is 15.1. The minimum absolute atomic E-state index is 0.0222. The summed E-state index contributed by atoms with van der Waals surface area (Å²) in [5, 5.41) is 2.84. The summed E-state index contributed by atoms with van der Waals surface area (Å²) < 4.78 is 5.07. The van der Waals surface area contributed by atoms with Gasteiger partial charge in [0.05, 0.1) is 11.8 Å². The van der Waals surface area contributed by atoms with Gasteiger partial charge in [-0.05, 0) is 31.7 Å².